The van der Waals surface area contributed by atoms with Crippen molar-refractivity contribution in [2.75, 3.05) is 7.11 Å². The van der Waals surface area contributed by atoms with Crippen molar-refractivity contribution < 1.29 is 9.15 Å². The normalized spacial score (nSPS) is 12.8. The van der Waals surface area contributed by atoms with Crippen molar-refractivity contribution >= 4 is 11.0 Å². The highest BCUT2D eigenvalue weighted by Crippen LogP contribution is 2.33. The van der Waals surface area contributed by atoms with Gasteiger partial charge in [-0.3, -0.25) is 4.68 Å². The topological polar surface area (TPSA) is 66.2 Å². The molecular formula is C16H19N3O2. The van der Waals surface area contributed by atoms with Crippen LogP contribution in [0.2, 0.25) is 0 Å². The van der Waals surface area contributed by atoms with Crippen molar-refractivity contribution in [2.45, 2.75) is 26.4 Å². The second-order valence-corrected chi connectivity index (χ2v) is 5.06. The first-order valence-electron chi connectivity index (χ1n) is 6.99. The summed E-state index contributed by atoms with van der Waals surface area (Å²) in [4.78, 5) is 0. The Hall–Kier alpha value is -2.27. The van der Waals surface area contributed by atoms with Crippen molar-refractivity contribution in [3.8, 4) is 5.75 Å². The van der Waals surface area contributed by atoms with Gasteiger partial charge in [-0.15, -0.1) is 0 Å². The van der Waals surface area contributed by atoms with E-state index < -0.39 is 0 Å². The largest absolute Gasteiger partial charge is 0.497 e. The summed E-state index contributed by atoms with van der Waals surface area (Å²) in [5, 5.41) is 5.30. The van der Waals surface area contributed by atoms with Crippen LogP contribution in [0, 0.1) is 6.92 Å². The van der Waals surface area contributed by atoms with Gasteiger partial charge in [0, 0.05) is 29.3 Å². The first kappa shape index (κ1) is 13.7. The van der Waals surface area contributed by atoms with Gasteiger partial charge in [-0.25, -0.2) is 0 Å². The van der Waals surface area contributed by atoms with Gasteiger partial charge in [0.1, 0.15) is 17.1 Å². The lowest BCUT2D eigenvalue weighted by molar-refractivity contribution is 0.415. The van der Waals surface area contributed by atoms with E-state index in [0.29, 0.717) is 0 Å². The molecule has 0 aliphatic carbocycles. The van der Waals surface area contributed by atoms with Gasteiger partial charge in [-0.1, -0.05) is 0 Å². The van der Waals surface area contributed by atoms with E-state index >= 15 is 0 Å². The third-order valence-electron chi connectivity index (χ3n) is 3.80. The summed E-state index contributed by atoms with van der Waals surface area (Å²) in [6.07, 6.45) is 3.75. The number of furan rings is 1. The van der Waals surface area contributed by atoms with Crippen molar-refractivity contribution in [3.63, 3.8) is 0 Å². The molecule has 1 unspecified atom stereocenters. The Labute approximate surface area is 123 Å². The van der Waals surface area contributed by atoms with Crippen molar-refractivity contribution in [1.29, 1.82) is 0 Å². The van der Waals surface area contributed by atoms with Crippen LogP contribution in [0.25, 0.3) is 11.0 Å². The van der Waals surface area contributed by atoms with Gasteiger partial charge in [-0.2, -0.15) is 5.10 Å². The molecule has 21 heavy (non-hydrogen) atoms. The second-order valence-electron chi connectivity index (χ2n) is 5.06. The van der Waals surface area contributed by atoms with Gasteiger partial charge >= 0.3 is 0 Å². The molecule has 0 saturated heterocycles. The summed E-state index contributed by atoms with van der Waals surface area (Å²) in [7, 11) is 1.66. The fourth-order valence-electron chi connectivity index (χ4n) is 2.51. The Bertz CT molecular complexity index is 773. The first-order chi connectivity index (χ1) is 10.1. The molecule has 0 radical (unpaired) electrons. The molecule has 0 amide bonds. The Morgan fingerprint density at radius 1 is 1.43 bits per heavy atom. The predicted molar refractivity (Wildman–Crippen MR) is 81.4 cm³/mol. The minimum Gasteiger partial charge on any atom is -0.497 e. The zero-order valence-corrected chi connectivity index (χ0v) is 12.5. The monoisotopic (exact) mass is 285 g/mol. The summed E-state index contributed by atoms with van der Waals surface area (Å²) < 4.78 is 13.1. The number of nitrogens with two attached hydrogens (primary N) is 1. The zero-order valence-electron chi connectivity index (χ0n) is 12.5. The highest BCUT2D eigenvalue weighted by atomic mass is 16.5. The second kappa shape index (κ2) is 5.26. The number of benzene rings is 1. The van der Waals surface area contributed by atoms with Crippen molar-refractivity contribution in [3.05, 3.63) is 47.5 Å². The summed E-state index contributed by atoms with van der Waals surface area (Å²) >= 11 is 0. The van der Waals surface area contributed by atoms with E-state index in [1.54, 1.807) is 13.3 Å². The van der Waals surface area contributed by atoms with Crippen molar-refractivity contribution in [2.24, 2.45) is 5.73 Å². The molecular weight excluding hydrogens is 266 g/mol. The molecule has 5 nitrogen and oxygen atoms in total. The minimum atomic E-state index is -0.316. The lowest BCUT2D eigenvalue weighted by atomic mass is 10.0. The van der Waals surface area contributed by atoms with Gasteiger partial charge in [0.25, 0.3) is 0 Å². The van der Waals surface area contributed by atoms with Gasteiger partial charge in [0.15, 0.2) is 0 Å². The van der Waals surface area contributed by atoms with Crippen LogP contribution in [0.15, 0.2) is 35.0 Å². The lowest BCUT2D eigenvalue weighted by Gasteiger charge is -2.07. The van der Waals surface area contributed by atoms with Crippen LogP contribution < -0.4 is 10.5 Å². The average molecular weight is 285 g/mol. The minimum absolute atomic E-state index is 0.316. The fourth-order valence-corrected chi connectivity index (χ4v) is 2.51. The highest BCUT2D eigenvalue weighted by molar-refractivity contribution is 5.83. The van der Waals surface area contributed by atoms with Crippen molar-refractivity contribution in [1.82, 2.24) is 9.78 Å². The quantitative estimate of drug-likeness (QED) is 0.800. The number of fused-ring (bicyclic) bond motifs is 1. The summed E-state index contributed by atoms with van der Waals surface area (Å²) in [5.74, 6) is 1.58. The van der Waals surface area contributed by atoms with Crippen LogP contribution in [0.4, 0.5) is 0 Å². The van der Waals surface area contributed by atoms with E-state index in [4.69, 9.17) is 14.9 Å². The van der Waals surface area contributed by atoms with E-state index in [9.17, 15) is 0 Å². The van der Waals surface area contributed by atoms with Crippen LogP contribution in [-0.2, 0) is 6.54 Å². The molecule has 0 fully saturated rings. The molecule has 2 heterocycles. The van der Waals surface area contributed by atoms with E-state index in [2.05, 4.69) is 5.10 Å². The maximum atomic E-state index is 6.34. The number of rotatable bonds is 4. The van der Waals surface area contributed by atoms with Crippen LogP contribution >= 0.6 is 0 Å². The summed E-state index contributed by atoms with van der Waals surface area (Å²) in [6.45, 7) is 4.88. The van der Waals surface area contributed by atoms with E-state index in [1.807, 2.05) is 42.9 Å². The lowest BCUT2D eigenvalue weighted by Crippen LogP contribution is -2.11. The maximum absolute atomic E-state index is 6.34. The number of aryl methyl sites for hydroxylation is 2. The number of hydrogen-bond acceptors (Lipinski definition) is 4. The Morgan fingerprint density at radius 2 is 2.24 bits per heavy atom. The van der Waals surface area contributed by atoms with Crippen LogP contribution in [0.3, 0.4) is 0 Å². The van der Waals surface area contributed by atoms with Crippen LogP contribution in [-0.4, -0.2) is 16.9 Å². The molecule has 110 valence electrons. The SMILES string of the molecule is CCn1cc(C(N)c2oc3ccc(OC)cc3c2C)cn1. The molecule has 1 aromatic carbocycles. The average Bonchev–Trinajstić information content (AvgIpc) is 3.11. The summed E-state index contributed by atoms with van der Waals surface area (Å²) in [6, 6.07) is 5.45. The molecule has 0 aliphatic heterocycles. The first-order valence-corrected chi connectivity index (χ1v) is 6.99. The molecule has 1 atom stereocenters. The maximum Gasteiger partial charge on any atom is 0.134 e. The van der Waals surface area contributed by atoms with E-state index in [0.717, 1.165) is 40.2 Å². The van der Waals surface area contributed by atoms with Crippen LogP contribution in [0.1, 0.15) is 29.9 Å². The van der Waals surface area contributed by atoms with Gasteiger partial charge in [0.2, 0.25) is 0 Å². The molecule has 0 saturated carbocycles. The number of nitrogens with zero attached hydrogens (tertiary/aromatic N) is 2. The molecule has 0 aliphatic rings. The fraction of sp³-hybridized carbons (Fsp3) is 0.312. The molecule has 0 bridgehead atoms. The molecule has 2 N–H and O–H groups in total. The number of hydrogen-bond donors (Lipinski definition) is 1. The zero-order chi connectivity index (χ0) is 15.0. The van der Waals surface area contributed by atoms with Gasteiger partial charge in [-0.05, 0) is 32.0 Å². The Kier molecular flexibility index (Phi) is 3.43. The Balaban J connectivity index is 2.05. The molecule has 0 spiro atoms. The third kappa shape index (κ3) is 2.29. The summed E-state index contributed by atoms with van der Waals surface area (Å²) in [5.41, 5.74) is 9.15. The van der Waals surface area contributed by atoms with E-state index in [1.165, 1.54) is 0 Å². The smallest absolute Gasteiger partial charge is 0.134 e. The third-order valence-corrected chi connectivity index (χ3v) is 3.80. The van der Waals surface area contributed by atoms with Crippen LogP contribution in [0.5, 0.6) is 5.75 Å². The standard InChI is InChI=1S/C16H19N3O2/c1-4-19-9-11(8-18-19)15(17)16-10(2)13-7-12(20-3)5-6-14(13)21-16/h5-9,15H,4,17H2,1-3H3. The number of ether oxygens (including phenoxy) is 1. The highest BCUT2D eigenvalue weighted by Gasteiger charge is 2.20. The Morgan fingerprint density at radius 3 is 2.90 bits per heavy atom. The molecule has 5 heteroatoms. The number of methoxy groups -OCH3 is 1. The molecule has 2 aromatic heterocycles. The number of aromatic nitrogens is 2. The van der Waals surface area contributed by atoms with E-state index in [-0.39, 0.29) is 6.04 Å². The van der Waals surface area contributed by atoms with Gasteiger partial charge in [0.05, 0.1) is 19.3 Å². The predicted octanol–water partition coefficient (Wildman–Crippen LogP) is 3.01. The molecule has 3 rings (SSSR count). The van der Waals surface area contributed by atoms with Gasteiger partial charge < -0.3 is 14.9 Å². The molecule has 3 aromatic rings.